The van der Waals surface area contributed by atoms with Crippen molar-refractivity contribution < 1.29 is 5.11 Å². The minimum atomic E-state index is -0.518. The fraction of sp³-hybridized carbons (Fsp3) is 1.00. The van der Waals surface area contributed by atoms with Crippen molar-refractivity contribution in [3.63, 3.8) is 0 Å². The van der Waals surface area contributed by atoms with Gasteiger partial charge in [0, 0.05) is 25.2 Å². The highest BCUT2D eigenvalue weighted by atomic mass is 16.3. The van der Waals surface area contributed by atoms with Gasteiger partial charge in [0.1, 0.15) is 0 Å². The maximum atomic E-state index is 9.79. The third kappa shape index (κ3) is 4.04. The molecule has 0 aromatic carbocycles. The van der Waals surface area contributed by atoms with E-state index in [0.717, 1.165) is 19.0 Å². The Morgan fingerprint density at radius 2 is 2.06 bits per heavy atom. The highest BCUT2D eigenvalue weighted by molar-refractivity contribution is 4.89. The molecule has 1 aliphatic carbocycles. The highest BCUT2D eigenvalue weighted by Crippen LogP contribution is 2.28. The van der Waals surface area contributed by atoms with Gasteiger partial charge in [-0.1, -0.05) is 0 Å². The SMILES string of the molecule is CC(C)(O)CCN(CC1CCCN1)C1CC1. The van der Waals surface area contributed by atoms with Crippen LogP contribution in [0.25, 0.3) is 0 Å². The van der Waals surface area contributed by atoms with E-state index in [-0.39, 0.29) is 0 Å². The molecule has 2 N–H and O–H groups in total. The summed E-state index contributed by atoms with van der Waals surface area (Å²) in [6.45, 7) is 7.24. The average molecular weight is 226 g/mol. The van der Waals surface area contributed by atoms with Gasteiger partial charge in [-0.2, -0.15) is 0 Å². The normalized spacial score (nSPS) is 26.6. The van der Waals surface area contributed by atoms with E-state index in [4.69, 9.17) is 0 Å². The molecule has 3 heteroatoms. The number of nitrogens with one attached hydrogen (secondary N) is 1. The molecule has 1 atom stereocenters. The first-order chi connectivity index (χ1) is 7.54. The number of rotatable bonds is 6. The second kappa shape index (κ2) is 5.03. The molecule has 1 aliphatic heterocycles. The molecular formula is C13H26N2O. The predicted octanol–water partition coefficient (Wildman–Crippen LogP) is 1.36. The topological polar surface area (TPSA) is 35.5 Å². The number of aliphatic hydroxyl groups is 1. The molecule has 2 fully saturated rings. The summed E-state index contributed by atoms with van der Waals surface area (Å²) in [6.07, 6.45) is 6.26. The molecular weight excluding hydrogens is 200 g/mol. The third-order valence-electron chi connectivity index (χ3n) is 3.69. The number of hydrogen-bond acceptors (Lipinski definition) is 3. The Balaban J connectivity index is 1.75. The monoisotopic (exact) mass is 226 g/mol. The number of nitrogens with zero attached hydrogens (tertiary/aromatic N) is 1. The molecule has 0 aromatic heterocycles. The summed E-state index contributed by atoms with van der Waals surface area (Å²) in [5.74, 6) is 0. The van der Waals surface area contributed by atoms with E-state index in [9.17, 15) is 5.11 Å². The van der Waals surface area contributed by atoms with Crippen molar-refractivity contribution in [3.05, 3.63) is 0 Å². The zero-order valence-electron chi connectivity index (χ0n) is 10.7. The molecule has 3 nitrogen and oxygen atoms in total. The van der Waals surface area contributed by atoms with Gasteiger partial charge in [-0.15, -0.1) is 0 Å². The summed E-state index contributed by atoms with van der Waals surface area (Å²) in [5.41, 5.74) is -0.518. The van der Waals surface area contributed by atoms with E-state index in [0.29, 0.717) is 6.04 Å². The second-order valence-corrected chi connectivity index (χ2v) is 6.08. The van der Waals surface area contributed by atoms with Crippen LogP contribution >= 0.6 is 0 Å². The van der Waals surface area contributed by atoms with Crippen LogP contribution in [0.3, 0.4) is 0 Å². The largest absolute Gasteiger partial charge is 0.390 e. The van der Waals surface area contributed by atoms with Crippen LogP contribution in [0.2, 0.25) is 0 Å². The Morgan fingerprint density at radius 1 is 1.31 bits per heavy atom. The van der Waals surface area contributed by atoms with Crippen LogP contribution in [0.15, 0.2) is 0 Å². The van der Waals surface area contributed by atoms with Crippen LogP contribution in [0.1, 0.15) is 46.0 Å². The molecule has 1 saturated heterocycles. The van der Waals surface area contributed by atoms with E-state index >= 15 is 0 Å². The molecule has 0 aromatic rings. The molecule has 0 bridgehead atoms. The van der Waals surface area contributed by atoms with E-state index in [1.165, 1.54) is 38.8 Å². The first-order valence-corrected chi connectivity index (χ1v) is 6.74. The molecule has 0 spiro atoms. The van der Waals surface area contributed by atoms with Crippen LogP contribution in [0, 0.1) is 0 Å². The van der Waals surface area contributed by atoms with Crippen molar-refractivity contribution in [2.24, 2.45) is 0 Å². The van der Waals surface area contributed by atoms with Gasteiger partial charge in [-0.3, -0.25) is 4.90 Å². The van der Waals surface area contributed by atoms with Crippen LogP contribution in [0.4, 0.5) is 0 Å². The van der Waals surface area contributed by atoms with Crippen molar-refractivity contribution in [2.45, 2.75) is 63.6 Å². The van der Waals surface area contributed by atoms with Gasteiger partial charge in [-0.25, -0.2) is 0 Å². The van der Waals surface area contributed by atoms with Crippen LogP contribution in [-0.2, 0) is 0 Å². The van der Waals surface area contributed by atoms with Crippen molar-refractivity contribution in [1.82, 2.24) is 10.2 Å². The zero-order valence-corrected chi connectivity index (χ0v) is 10.7. The predicted molar refractivity (Wildman–Crippen MR) is 66.5 cm³/mol. The summed E-state index contributed by atoms with van der Waals surface area (Å²) in [6, 6.07) is 1.51. The number of hydrogen-bond donors (Lipinski definition) is 2. The molecule has 0 amide bonds. The quantitative estimate of drug-likeness (QED) is 0.718. The van der Waals surface area contributed by atoms with Crippen LogP contribution in [0.5, 0.6) is 0 Å². The van der Waals surface area contributed by atoms with Gasteiger partial charge in [0.15, 0.2) is 0 Å². The molecule has 2 aliphatic rings. The summed E-state index contributed by atoms with van der Waals surface area (Å²) >= 11 is 0. The van der Waals surface area contributed by atoms with Gasteiger partial charge in [-0.05, 0) is 52.5 Å². The average Bonchev–Trinajstić information content (AvgIpc) is 2.90. The standard InChI is InChI=1S/C13H26N2O/c1-13(2,16)7-9-15(12-5-6-12)10-11-4-3-8-14-11/h11-12,14,16H,3-10H2,1-2H3. The molecule has 0 radical (unpaired) electrons. The maximum absolute atomic E-state index is 9.79. The van der Waals surface area contributed by atoms with Gasteiger partial charge in [0.2, 0.25) is 0 Å². The smallest absolute Gasteiger partial charge is 0.0603 e. The van der Waals surface area contributed by atoms with E-state index < -0.39 is 5.60 Å². The lowest BCUT2D eigenvalue weighted by molar-refractivity contribution is 0.0553. The first kappa shape index (κ1) is 12.3. The minimum absolute atomic E-state index is 0.518. The van der Waals surface area contributed by atoms with Crippen molar-refractivity contribution >= 4 is 0 Å². The molecule has 1 saturated carbocycles. The fourth-order valence-corrected chi connectivity index (χ4v) is 2.48. The zero-order chi connectivity index (χ0) is 11.6. The summed E-state index contributed by atoms with van der Waals surface area (Å²) in [7, 11) is 0. The lowest BCUT2D eigenvalue weighted by atomic mass is 10.1. The van der Waals surface area contributed by atoms with Gasteiger partial charge < -0.3 is 10.4 Å². The fourth-order valence-electron chi connectivity index (χ4n) is 2.48. The van der Waals surface area contributed by atoms with E-state index in [2.05, 4.69) is 10.2 Å². The molecule has 2 rings (SSSR count). The molecule has 16 heavy (non-hydrogen) atoms. The molecule has 94 valence electrons. The van der Waals surface area contributed by atoms with Crippen molar-refractivity contribution in [1.29, 1.82) is 0 Å². The van der Waals surface area contributed by atoms with Crippen LogP contribution in [-0.4, -0.2) is 47.3 Å². The van der Waals surface area contributed by atoms with Crippen molar-refractivity contribution in [3.8, 4) is 0 Å². The maximum Gasteiger partial charge on any atom is 0.0603 e. The van der Waals surface area contributed by atoms with Gasteiger partial charge in [0.25, 0.3) is 0 Å². The Hall–Kier alpha value is -0.120. The Morgan fingerprint density at radius 3 is 2.56 bits per heavy atom. The second-order valence-electron chi connectivity index (χ2n) is 6.08. The summed E-state index contributed by atoms with van der Waals surface area (Å²) < 4.78 is 0. The minimum Gasteiger partial charge on any atom is -0.390 e. The van der Waals surface area contributed by atoms with E-state index in [1.54, 1.807) is 0 Å². The Kier molecular flexibility index (Phi) is 3.88. The summed E-state index contributed by atoms with van der Waals surface area (Å²) in [5, 5.41) is 13.3. The van der Waals surface area contributed by atoms with Crippen LogP contribution < -0.4 is 5.32 Å². The first-order valence-electron chi connectivity index (χ1n) is 6.74. The third-order valence-corrected chi connectivity index (χ3v) is 3.69. The molecule has 1 unspecified atom stereocenters. The summed E-state index contributed by atoms with van der Waals surface area (Å²) in [4.78, 5) is 2.58. The lowest BCUT2D eigenvalue weighted by Crippen LogP contribution is -2.41. The van der Waals surface area contributed by atoms with Crippen molar-refractivity contribution in [2.75, 3.05) is 19.6 Å². The van der Waals surface area contributed by atoms with Gasteiger partial charge in [0.05, 0.1) is 5.60 Å². The Bertz CT molecular complexity index is 214. The molecule has 1 heterocycles. The van der Waals surface area contributed by atoms with E-state index in [1.807, 2.05) is 13.8 Å². The van der Waals surface area contributed by atoms with Gasteiger partial charge >= 0.3 is 0 Å². The lowest BCUT2D eigenvalue weighted by Gasteiger charge is -2.28. The highest BCUT2D eigenvalue weighted by Gasteiger charge is 2.31. The Labute approximate surface area is 99.2 Å².